The Bertz CT molecular complexity index is 1270. The summed E-state index contributed by atoms with van der Waals surface area (Å²) in [4.78, 5) is 30.7. The standard InChI is InChI=1S/C22H21FN4O2/c1-2-3-13-26-21(28)19-20(27(22(26)29)17-10-5-4-6-11-17)24-15-25(19)14-16-9-7-8-12-18(16)23/h4-12,15H,2-3,13-14H2,1H3. The molecule has 0 aliphatic heterocycles. The number of imidazole rings is 1. The molecule has 0 N–H and O–H groups in total. The highest BCUT2D eigenvalue weighted by Crippen LogP contribution is 2.16. The van der Waals surface area contributed by atoms with Crippen LogP contribution in [0.5, 0.6) is 0 Å². The first-order chi connectivity index (χ1) is 14.1. The van der Waals surface area contributed by atoms with Crippen molar-refractivity contribution in [3.05, 3.63) is 93.1 Å². The van der Waals surface area contributed by atoms with Crippen molar-refractivity contribution in [3.8, 4) is 5.69 Å². The molecule has 4 rings (SSSR count). The van der Waals surface area contributed by atoms with E-state index in [1.54, 1.807) is 34.9 Å². The molecule has 2 heterocycles. The number of benzene rings is 2. The highest BCUT2D eigenvalue weighted by molar-refractivity contribution is 5.72. The smallest absolute Gasteiger partial charge is 0.320 e. The number of nitrogens with zero attached hydrogens (tertiary/aromatic N) is 4. The quantitative estimate of drug-likeness (QED) is 0.506. The third-order valence-electron chi connectivity index (χ3n) is 4.95. The zero-order chi connectivity index (χ0) is 20.4. The maximum Gasteiger partial charge on any atom is 0.337 e. The van der Waals surface area contributed by atoms with Gasteiger partial charge in [-0.05, 0) is 24.6 Å². The summed E-state index contributed by atoms with van der Waals surface area (Å²) in [5.41, 5.74) is 0.813. The molecule has 2 aromatic heterocycles. The van der Waals surface area contributed by atoms with Crippen molar-refractivity contribution < 1.29 is 4.39 Å². The van der Waals surface area contributed by atoms with Crippen molar-refractivity contribution in [2.45, 2.75) is 32.9 Å². The molecule has 0 spiro atoms. The predicted octanol–water partition coefficient (Wildman–Crippen LogP) is 3.34. The molecule has 0 unspecified atom stereocenters. The summed E-state index contributed by atoms with van der Waals surface area (Å²) >= 11 is 0. The summed E-state index contributed by atoms with van der Waals surface area (Å²) in [5, 5.41) is 0. The Morgan fingerprint density at radius 2 is 1.72 bits per heavy atom. The monoisotopic (exact) mass is 392 g/mol. The minimum atomic E-state index is -0.418. The molecular weight excluding hydrogens is 371 g/mol. The van der Waals surface area contributed by atoms with Gasteiger partial charge < -0.3 is 4.57 Å². The lowest BCUT2D eigenvalue weighted by Gasteiger charge is -2.12. The third-order valence-corrected chi connectivity index (χ3v) is 4.95. The minimum Gasteiger partial charge on any atom is -0.320 e. The Kier molecular flexibility index (Phi) is 5.12. The highest BCUT2D eigenvalue weighted by atomic mass is 19.1. The zero-order valence-electron chi connectivity index (χ0n) is 16.1. The van der Waals surface area contributed by atoms with Crippen LogP contribution in [-0.4, -0.2) is 18.7 Å². The maximum atomic E-state index is 14.2. The van der Waals surface area contributed by atoms with Gasteiger partial charge in [0.05, 0.1) is 18.6 Å². The van der Waals surface area contributed by atoms with E-state index < -0.39 is 11.2 Å². The van der Waals surface area contributed by atoms with Gasteiger partial charge in [-0.3, -0.25) is 9.36 Å². The topological polar surface area (TPSA) is 61.8 Å². The van der Waals surface area contributed by atoms with E-state index in [0.29, 0.717) is 24.2 Å². The Labute approximate surface area is 166 Å². The van der Waals surface area contributed by atoms with Gasteiger partial charge >= 0.3 is 5.69 Å². The van der Waals surface area contributed by atoms with Crippen LogP contribution in [0.15, 0.2) is 70.5 Å². The van der Waals surface area contributed by atoms with E-state index in [1.807, 2.05) is 25.1 Å². The molecule has 0 bridgehead atoms. The van der Waals surface area contributed by atoms with E-state index in [9.17, 15) is 14.0 Å². The predicted molar refractivity (Wildman–Crippen MR) is 110 cm³/mol. The van der Waals surface area contributed by atoms with Gasteiger partial charge in [0.25, 0.3) is 5.56 Å². The van der Waals surface area contributed by atoms with Crippen molar-refractivity contribution in [2.75, 3.05) is 0 Å². The van der Waals surface area contributed by atoms with E-state index in [1.165, 1.54) is 21.5 Å². The van der Waals surface area contributed by atoms with Crippen molar-refractivity contribution in [2.24, 2.45) is 0 Å². The number of aromatic nitrogens is 4. The molecule has 0 aliphatic rings. The van der Waals surface area contributed by atoms with E-state index in [0.717, 1.165) is 6.42 Å². The Morgan fingerprint density at radius 3 is 2.45 bits per heavy atom. The van der Waals surface area contributed by atoms with E-state index in [-0.39, 0.29) is 23.5 Å². The van der Waals surface area contributed by atoms with Crippen LogP contribution in [0, 0.1) is 5.82 Å². The number of unbranched alkanes of at least 4 members (excludes halogenated alkanes) is 1. The summed E-state index contributed by atoms with van der Waals surface area (Å²) in [6.07, 6.45) is 3.04. The van der Waals surface area contributed by atoms with Crippen LogP contribution in [0.4, 0.5) is 4.39 Å². The van der Waals surface area contributed by atoms with E-state index >= 15 is 0 Å². The van der Waals surface area contributed by atoms with Crippen molar-refractivity contribution in [1.29, 1.82) is 0 Å². The van der Waals surface area contributed by atoms with Crippen LogP contribution in [-0.2, 0) is 13.1 Å². The summed E-state index contributed by atoms with van der Waals surface area (Å²) in [7, 11) is 0. The van der Waals surface area contributed by atoms with Gasteiger partial charge in [-0.15, -0.1) is 0 Å². The molecule has 6 nitrogen and oxygen atoms in total. The normalized spacial score (nSPS) is 11.2. The van der Waals surface area contributed by atoms with Gasteiger partial charge in [-0.25, -0.2) is 18.7 Å². The molecule has 0 atom stereocenters. The SMILES string of the molecule is CCCCn1c(=O)c2c(ncn2Cc2ccccc2F)n(-c2ccccc2)c1=O. The second-order valence-electron chi connectivity index (χ2n) is 6.90. The van der Waals surface area contributed by atoms with Crippen LogP contribution in [0.25, 0.3) is 16.9 Å². The molecule has 29 heavy (non-hydrogen) atoms. The Balaban J connectivity index is 1.98. The number of hydrogen-bond donors (Lipinski definition) is 0. The second-order valence-corrected chi connectivity index (χ2v) is 6.90. The summed E-state index contributed by atoms with van der Waals surface area (Å²) in [6, 6.07) is 15.5. The Hall–Kier alpha value is -3.48. The number of halogens is 1. The molecule has 4 aromatic rings. The first-order valence-electron chi connectivity index (χ1n) is 9.61. The number of para-hydroxylation sites is 1. The molecule has 7 heteroatoms. The van der Waals surface area contributed by atoms with Crippen molar-refractivity contribution >= 4 is 11.2 Å². The van der Waals surface area contributed by atoms with Gasteiger partial charge in [-0.1, -0.05) is 49.7 Å². The van der Waals surface area contributed by atoms with Crippen LogP contribution in [0.3, 0.4) is 0 Å². The first-order valence-corrected chi connectivity index (χ1v) is 9.61. The molecule has 148 valence electrons. The molecule has 2 aromatic carbocycles. The van der Waals surface area contributed by atoms with E-state index in [2.05, 4.69) is 4.98 Å². The molecule has 0 saturated heterocycles. The molecule has 0 amide bonds. The van der Waals surface area contributed by atoms with Gasteiger partial charge in [0.15, 0.2) is 11.2 Å². The average Bonchev–Trinajstić information content (AvgIpc) is 3.14. The zero-order valence-corrected chi connectivity index (χ0v) is 16.1. The fraction of sp³-hybridized carbons (Fsp3) is 0.227. The Morgan fingerprint density at radius 1 is 1.00 bits per heavy atom. The van der Waals surface area contributed by atoms with Crippen molar-refractivity contribution in [3.63, 3.8) is 0 Å². The fourth-order valence-electron chi connectivity index (χ4n) is 3.43. The lowest BCUT2D eigenvalue weighted by molar-refractivity contribution is 0.574. The summed E-state index contributed by atoms with van der Waals surface area (Å²) in [6.45, 7) is 2.47. The van der Waals surface area contributed by atoms with E-state index in [4.69, 9.17) is 0 Å². The van der Waals surface area contributed by atoms with Crippen LogP contribution in [0.2, 0.25) is 0 Å². The summed E-state index contributed by atoms with van der Waals surface area (Å²) < 4.78 is 18.5. The van der Waals surface area contributed by atoms with Crippen LogP contribution < -0.4 is 11.2 Å². The third kappa shape index (κ3) is 3.40. The largest absolute Gasteiger partial charge is 0.337 e. The molecule has 0 fully saturated rings. The average molecular weight is 392 g/mol. The van der Waals surface area contributed by atoms with Gasteiger partial charge in [-0.2, -0.15) is 0 Å². The number of rotatable bonds is 6. The second kappa shape index (κ2) is 7.87. The van der Waals surface area contributed by atoms with Gasteiger partial charge in [0.2, 0.25) is 0 Å². The maximum absolute atomic E-state index is 14.2. The lowest BCUT2D eigenvalue weighted by atomic mass is 10.2. The first kappa shape index (κ1) is 18.9. The van der Waals surface area contributed by atoms with Gasteiger partial charge in [0, 0.05) is 12.1 Å². The minimum absolute atomic E-state index is 0.152. The van der Waals surface area contributed by atoms with Gasteiger partial charge in [0.1, 0.15) is 5.82 Å². The molecule has 0 saturated carbocycles. The van der Waals surface area contributed by atoms with Crippen LogP contribution >= 0.6 is 0 Å². The number of hydrogen-bond acceptors (Lipinski definition) is 3. The molecular formula is C22H21FN4O2. The highest BCUT2D eigenvalue weighted by Gasteiger charge is 2.19. The molecule has 0 radical (unpaired) electrons. The fourth-order valence-corrected chi connectivity index (χ4v) is 3.43. The lowest BCUT2D eigenvalue weighted by Crippen LogP contribution is -2.40. The number of fused-ring (bicyclic) bond motifs is 1. The summed E-state index contributed by atoms with van der Waals surface area (Å²) in [5.74, 6) is -0.350. The van der Waals surface area contributed by atoms with Crippen LogP contribution in [0.1, 0.15) is 25.3 Å². The molecule has 0 aliphatic carbocycles. The van der Waals surface area contributed by atoms with Crippen molar-refractivity contribution in [1.82, 2.24) is 18.7 Å².